The van der Waals surface area contributed by atoms with Gasteiger partial charge in [-0.25, -0.2) is 0 Å². The standard InChI is InChI=1S/F.Fe.K.O.S. The molecule has 0 atom stereocenters. The molecular weight excluding hydrogens is 162 g/mol. The first-order valence-corrected chi connectivity index (χ1v) is 0. The molecule has 5 heteroatoms. The molecule has 0 bridgehead atoms. The van der Waals surface area contributed by atoms with Crippen molar-refractivity contribution in [2.75, 3.05) is 0 Å². The Bertz CT molecular complexity index is 11.6. The third-order valence-corrected chi connectivity index (χ3v) is 0. The molecule has 0 unspecified atom stereocenters. The average Bonchev–Trinajstić information content (AvgIpc) is 0. The Labute approximate surface area is 90.3 Å². The van der Waals surface area contributed by atoms with E-state index in [-0.39, 0.29) is 92.1 Å². The summed E-state index contributed by atoms with van der Waals surface area (Å²) in [7, 11) is 0. The second-order valence-electron chi connectivity index (χ2n) is 0. The molecule has 0 aromatic rings. The van der Waals surface area contributed by atoms with Crippen LogP contribution in [-0.4, -0.2) is 51.4 Å². The van der Waals surface area contributed by atoms with Gasteiger partial charge in [-0.3, -0.25) is 0 Å². The quantitative estimate of drug-likeness (QED) is 0.466. The van der Waals surface area contributed by atoms with Crippen LogP contribution in [0.15, 0.2) is 0 Å². The minimum Gasteiger partial charge on any atom is 0 e. The molecule has 1 nitrogen and oxygen atoms in total. The first kappa shape index (κ1) is 52.7. The number of hydrogen-bond donors (Lipinski definition) is 0. The fourth-order valence-electron chi connectivity index (χ4n) is 0. The summed E-state index contributed by atoms with van der Waals surface area (Å²) in [5.41, 5.74) is 0. The van der Waals surface area contributed by atoms with E-state index < -0.39 is 0 Å². The zero-order chi connectivity index (χ0) is 0. The summed E-state index contributed by atoms with van der Waals surface area (Å²) in [4.78, 5) is 0. The maximum atomic E-state index is 0. The zero-order valence-corrected chi connectivity index (χ0v) is 7.59. The predicted molar refractivity (Wildman–Crippen MR) is 15.1 cm³/mol. The summed E-state index contributed by atoms with van der Waals surface area (Å²) in [6, 6.07) is 0. The van der Waals surface area contributed by atoms with E-state index in [0.717, 1.165) is 0 Å². The van der Waals surface area contributed by atoms with E-state index in [0.29, 0.717) is 0 Å². The fraction of sp³-hybridized carbons (Fsp3) is 0. The topological polar surface area (TPSA) is 28.5 Å². The monoisotopic (exact) mass is 162 g/mol. The number of rotatable bonds is 0. The Morgan fingerprint density at radius 2 is 1.00 bits per heavy atom. The van der Waals surface area contributed by atoms with E-state index >= 15 is 0 Å². The van der Waals surface area contributed by atoms with E-state index in [1.807, 2.05) is 0 Å². The minimum atomic E-state index is 0. The Morgan fingerprint density at radius 3 is 1.00 bits per heavy atom. The van der Waals surface area contributed by atoms with Crippen molar-refractivity contribution in [3.8, 4) is 0 Å². The molecule has 0 saturated carbocycles. The van der Waals surface area contributed by atoms with Gasteiger partial charge in [0.05, 0.1) is 0 Å². The van der Waals surface area contributed by atoms with Crippen LogP contribution in [0.2, 0.25) is 0 Å². The number of halogens is 1. The molecule has 6 radical (unpaired) electrons. The van der Waals surface area contributed by atoms with Crippen LogP contribution in [0.4, 0.5) is 4.70 Å². The summed E-state index contributed by atoms with van der Waals surface area (Å²) in [5, 5.41) is 0. The molecule has 0 aromatic carbocycles. The maximum absolute atomic E-state index is 0. The van der Waals surface area contributed by atoms with E-state index in [1.165, 1.54) is 0 Å². The average molecular weight is 162 g/mol. The Morgan fingerprint density at radius 1 is 1.00 bits per heavy atom. The van der Waals surface area contributed by atoms with E-state index in [9.17, 15) is 0 Å². The molecule has 0 rings (SSSR count). The van der Waals surface area contributed by atoms with Crippen molar-refractivity contribution in [3.05, 3.63) is 0 Å². The van der Waals surface area contributed by atoms with Crippen molar-refractivity contribution in [1.29, 1.82) is 0 Å². The first-order valence-electron chi connectivity index (χ1n) is 0. The maximum Gasteiger partial charge on any atom is 0 e. The van der Waals surface area contributed by atoms with Crippen molar-refractivity contribution in [3.63, 3.8) is 0 Å². The summed E-state index contributed by atoms with van der Waals surface area (Å²) >= 11 is 0. The second-order valence-corrected chi connectivity index (χ2v) is 0. The molecule has 0 amide bonds. The van der Waals surface area contributed by atoms with E-state index in [4.69, 9.17) is 0 Å². The van der Waals surface area contributed by atoms with Gasteiger partial charge in [0.2, 0.25) is 0 Å². The van der Waals surface area contributed by atoms with Gasteiger partial charge in [0, 0.05) is 92.1 Å². The predicted octanol–water partition coefficient (Wildman–Crippen LogP) is 0.566. The summed E-state index contributed by atoms with van der Waals surface area (Å²) in [6.45, 7) is 0. The van der Waals surface area contributed by atoms with Crippen LogP contribution in [0.1, 0.15) is 0 Å². The Hall–Kier alpha value is 2.40. The molecule has 0 fully saturated rings. The number of hydrogen-bond acceptors (Lipinski definition) is 0. The third-order valence-electron chi connectivity index (χ3n) is 0. The van der Waals surface area contributed by atoms with Gasteiger partial charge in [0.15, 0.2) is 0 Å². The van der Waals surface area contributed by atoms with Crippen LogP contribution >= 0.6 is 13.5 Å². The van der Waals surface area contributed by atoms with Gasteiger partial charge in [-0.2, -0.15) is 0 Å². The van der Waals surface area contributed by atoms with Gasteiger partial charge in [-0.1, -0.05) is 0 Å². The van der Waals surface area contributed by atoms with Gasteiger partial charge < -0.3 is 0 Å². The largest absolute Gasteiger partial charge is 0 e. The van der Waals surface area contributed by atoms with Crippen LogP contribution in [0.25, 0.3) is 0 Å². The SMILES string of the molecule is [F].[Fe].[K].[O].[S]. The second kappa shape index (κ2) is 32.4. The summed E-state index contributed by atoms with van der Waals surface area (Å²) in [6.07, 6.45) is 0. The Balaban J connectivity index is 0. The molecule has 0 spiro atoms. The van der Waals surface area contributed by atoms with Crippen LogP contribution in [-0.2, 0) is 22.5 Å². The van der Waals surface area contributed by atoms with Crippen molar-refractivity contribution < 1.29 is 27.2 Å². The van der Waals surface area contributed by atoms with Gasteiger partial charge in [-0.15, -0.1) is 0 Å². The Kier molecular flexibility index (Phi) is 342. The van der Waals surface area contributed by atoms with Gasteiger partial charge in [0.25, 0.3) is 0 Å². The van der Waals surface area contributed by atoms with Crippen LogP contribution in [0.5, 0.6) is 0 Å². The molecular formula is FFeKOS. The van der Waals surface area contributed by atoms with Crippen LogP contribution < -0.4 is 0 Å². The van der Waals surface area contributed by atoms with Crippen molar-refractivity contribution in [2.45, 2.75) is 0 Å². The van der Waals surface area contributed by atoms with E-state index in [1.54, 1.807) is 0 Å². The van der Waals surface area contributed by atoms with Crippen molar-refractivity contribution in [1.82, 2.24) is 0 Å². The van der Waals surface area contributed by atoms with Crippen LogP contribution in [0, 0.1) is 0 Å². The van der Waals surface area contributed by atoms with Gasteiger partial charge in [-0.05, 0) is 0 Å². The molecule has 5 heavy (non-hydrogen) atoms. The molecule has 0 aliphatic carbocycles. The van der Waals surface area contributed by atoms with Crippen molar-refractivity contribution in [2.24, 2.45) is 0 Å². The smallest absolute Gasteiger partial charge is 0 e. The molecule has 0 N–H and O–H groups in total. The van der Waals surface area contributed by atoms with E-state index in [2.05, 4.69) is 0 Å². The summed E-state index contributed by atoms with van der Waals surface area (Å²) < 4.78 is 0. The normalized spacial score (nSPS) is 0. The fourth-order valence-corrected chi connectivity index (χ4v) is 0. The molecule has 0 aromatic heterocycles. The van der Waals surface area contributed by atoms with Crippen LogP contribution in [0.3, 0.4) is 0 Å². The van der Waals surface area contributed by atoms with Gasteiger partial charge in [0.1, 0.15) is 0 Å². The van der Waals surface area contributed by atoms with Gasteiger partial charge >= 0.3 is 0 Å². The molecule has 0 heterocycles. The third kappa shape index (κ3) is 21.5. The van der Waals surface area contributed by atoms with Crippen molar-refractivity contribution >= 4 is 64.9 Å². The molecule has 0 saturated heterocycles. The molecule has 0 aliphatic heterocycles. The molecule has 0 aliphatic rings. The minimum absolute atomic E-state index is 0. The summed E-state index contributed by atoms with van der Waals surface area (Å²) in [5.74, 6) is 0. The zero-order valence-electron chi connectivity index (χ0n) is 2.55. The molecule has 28 valence electrons. The first-order chi connectivity index (χ1) is 0.